The van der Waals surface area contributed by atoms with Crippen molar-refractivity contribution in [3.63, 3.8) is 0 Å². The van der Waals surface area contributed by atoms with Gasteiger partial charge in [0.25, 0.3) is 0 Å². The lowest BCUT2D eigenvalue weighted by Gasteiger charge is -2.14. The number of rotatable bonds is 6. The fraction of sp³-hybridized carbons (Fsp3) is 0.143. The van der Waals surface area contributed by atoms with Crippen LogP contribution in [0.2, 0.25) is 0 Å². The number of anilines is 2. The zero-order valence-corrected chi connectivity index (χ0v) is 18.1. The molecule has 0 saturated carbocycles. The molecular formula is C21H18BrN5O3. The molecular weight excluding hydrogens is 450 g/mol. The molecule has 152 valence electrons. The molecule has 9 heteroatoms. The molecule has 0 spiro atoms. The molecule has 0 saturated heterocycles. The number of hydrogen-bond acceptors (Lipinski definition) is 6. The van der Waals surface area contributed by atoms with Gasteiger partial charge in [0, 0.05) is 15.7 Å². The molecule has 8 nitrogen and oxygen atoms in total. The highest BCUT2D eigenvalue weighted by Crippen LogP contribution is 2.43. The van der Waals surface area contributed by atoms with Crippen LogP contribution in [0.3, 0.4) is 0 Å². The Kier molecular flexibility index (Phi) is 5.25. The normalized spacial score (nSPS) is 10.6. The third-order valence-electron chi connectivity index (χ3n) is 4.64. The van der Waals surface area contributed by atoms with Gasteiger partial charge < -0.3 is 24.5 Å². The lowest BCUT2D eigenvalue weighted by atomic mass is 10.1. The van der Waals surface area contributed by atoms with E-state index in [9.17, 15) is 5.26 Å². The monoisotopic (exact) mass is 467 g/mol. The zero-order chi connectivity index (χ0) is 21.3. The van der Waals surface area contributed by atoms with E-state index >= 15 is 0 Å². The van der Waals surface area contributed by atoms with Crippen LogP contribution in [0.5, 0.6) is 17.2 Å². The smallest absolute Gasteiger partial charge is 0.203 e. The van der Waals surface area contributed by atoms with E-state index in [1.54, 1.807) is 25.8 Å². The van der Waals surface area contributed by atoms with E-state index in [1.807, 2.05) is 36.4 Å². The Morgan fingerprint density at radius 2 is 1.73 bits per heavy atom. The Bertz CT molecular complexity index is 1230. The summed E-state index contributed by atoms with van der Waals surface area (Å²) in [5.74, 6) is 2.21. The van der Waals surface area contributed by atoms with Crippen molar-refractivity contribution in [1.82, 2.24) is 14.6 Å². The molecule has 2 aromatic heterocycles. The van der Waals surface area contributed by atoms with Crippen molar-refractivity contribution >= 4 is 33.1 Å². The van der Waals surface area contributed by atoms with Gasteiger partial charge in [-0.1, -0.05) is 15.9 Å². The summed E-state index contributed by atoms with van der Waals surface area (Å²) in [5, 5.41) is 17.2. The number of benzene rings is 2. The molecule has 2 heterocycles. The van der Waals surface area contributed by atoms with Crippen LogP contribution >= 0.6 is 15.9 Å². The topological polar surface area (TPSA) is 96.6 Å². The number of aromatic amines is 1. The van der Waals surface area contributed by atoms with Gasteiger partial charge in [-0.05, 0) is 36.4 Å². The minimum absolute atomic E-state index is 0.438. The lowest BCUT2D eigenvalue weighted by molar-refractivity contribution is 0.324. The highest BCUT2D eigenvalue weighted by Gasteiger charge is 2.21. The first-order valence-corrected chi connectivity index (χ1v) is 9.71. The van der Waals surface area contributed by atoms with Crippen molar-refractivity contribution < 1.29 is 14.2 Å². The summed E-state index contributed by atoms with van der Waals surface area (Å²) in [6, 6.07) is 13.6. The van der Waals surface area contributed by atoms with Crippen LogP contribution in [0, 0.1) is 11.3 Å². The molecule has 0 aliphatic heterocycles. The van der Waals surface area contributed by atoms with Crippen molar-refractivity contribution in [2.75, 3.05) is 26.6 Å². The molecule has 2 aromatic carbocycles. The van der Waals surface area contributed by atoms with E-state index in [0.717, 1.165) is 21.4 Å². The average molecular weight is 468 g/mol. The molecule has 0 fully saturated rings. The molecule has 0 amide bonds. The summed E-state index contributed by atoms with van der Waals surface area (Å²) < 4.78 is 19.1. The Hall–Kier alpha value is -3.64. The van der Waals surface area contributed by atoms with E-state index in [0.29, 0.717) is 34.3 Å². The molecule has 0 unspecified atom stereocenters. The largest absolute Gasteiger partial charge is 0.493 e. The van der Waals surface area contributed by atoms with Crippen molar-refractivity contribution in [1.29, 1.82) is 5.26 Å². The van der Waals surface area contributed by atoms with Gasteiger partial charge in [0.1, 0.15) is 11.6 Å². The van der Waals surface area contributed by atoms with E-state index in [-0.39, 0.29) is 0 Å². The average Bonchev–Trinajstić information content (AvgIpc) is 3.33. The second-order valence-electron chi connectivity index (χ2n) is 6.32. The number of methoxy groups -OCH3 is 3. The number of ether oxygens (including phenoxy) is 3. The summed E-state index contributed by atoms with van der Waals surface area (Å²) in [5.41, 5.74) is 3.38. The quantitative estimate of drug-likeness (QED) is 0.425. The maximum Gasteiger partial charge on any atom is 0.203 e. The summed E-state index contributed by atoms with van der Waals surface area (Å²) >= 11 is 3.45. The van der Waals surface area contributed by atoms with Crippen LogP contribution in [0.15, 0.2) is 47.1 Å². The molecule has 0 aliphatic rings. The van der Waals surface area contributed by atoms with Gasteiger partial charge in [-0.3, -0.25) is 0 Å². The maximum atomic E-state index is 9.44. The predicted molar refractivity (Wildman–Crippen MR) is 117 cm³/mol. The third-order valence-corrected chi connectivity index (χ3v) is 5.17. The Morgan fingerprint density at radius 3 is 2.30 bits per heavy atom. The zero-order valence-electron chi connectivity index (χ0n) is 16.5. The molecule has 0 atom stereocenters. The van der Waals surface area contributed by atoms with Gasteiger partial charge >= 0.3 is 0 Å². The fourth-order valence-corrected chi connectivity index (χ4v) is 3.49. The fourth-order valence-electron chi connectivity index (χ4n) is 3.22. The number of fused-ring (bicyclic) bond motifs is 1. The number of imidazole rings is 1. The van der Waals surface area contributed by atoms with E-state index < -0.39 is 0 Å². The van der Waals surface area contributed by atoms with Crippen LogP contribution in [-0.4, -0.2) is 35.9 Å². The summed E-state index contributed by atoms with van der Waals surface area (Å²) in [4.78, 5) is 3.31. The first kappa shape index (κ1) is 19.7. The molecule has 0 aliphatic carbocycles. The SMILES string of the molecule is COc1cc(-c2[nH]c3c(C#N)cnn3c2Nc2ccc(Br)cc2)cc(OC)c1OC. The summed E-state index contributed by atoms with van der Waals surface area (Å²) in [7, 11) is 4.69. The number of aromatic nitrogens is 3. The van der Waals surface area contributed by atoms with Crippen LogP contribution in [0.25, 0.3) is 16.9 Å². The first-order valence-electron chi connectivity index (χ1n) is 8.92. The predicted octanol–water partition coefficient (Wildman–Crippen LogP) is 4.73. The first-order chi connectivity index (χ1) is 14.6. The molecule has 30 heavy (non-hydrogen) atoms. The second kappa shape index (κ2) is 8.00. The second-order valence-corrected chi connectivity index (χ2v) is 7.24. The van der Waals surface area contributed by atoms with Gasteiger partial charge in [-0.2, -0.15) is 14.9 Å². The molecule has 2 N–H and O–H groups in total. The van der Waals surface area contributed by atoms with Crippen LogP contribution in [0.1, 0.15) is 5.56 Å². The van der Waals surface area contributed by atoms with Gasteiger partial charge in [0.05, 0.1) is 33.2 Å². The molecule has 4 aromatic rings. The minimum Gasteiger partial charge on any atom is -0.493 e. The number of nitrogens with one attached hydrogen (secondary N) is 2. The number of nitrogens with zero attached hydrogens (tertiary/aromatic N) is 3. The Balaban J connectivity index is 1.93. The van der Waals surface area contributed by atoms with Gasteiger partial charge in [-0.25, -0.2) is 0 Å². The minimum atomic E-state index is 0.438. The number of nitriles is 1. The van der Waals surface area contributed by atoms with Gasteiger partial charge in [0.2, 0.25) is 5.75 Å². The van der Waals surface area contributed by atoms with E-state index in [2.05, 4.69) is 37.4 Å². The summed E-state index contributed by atoms with van der Waals surface area (Å²) in [6.45, 7) is 0. The van der Waals surface area contributed by atoms with E-state index in [1.165, 1.54) is 6.20 Å². The Labute approximate surface area is 181 Å². The van der Waals surface area contributed by atoms with Crippen molar-refractivity contribution in [2.24, 2.45) is 0 Å². The van der Waals surface area contributed by atoms with Crippen molar-refractivity contribution in [3.8, 4) is 34.6 Å². The summed E-state index contributed by atoms with van der Waals surface area (Å²) in [6.07, 6.45) is 1.53. The molecule has 0 bridgehead atoms. The van der Waals surface area contributed by atoms with Crippen molar-refractivity contribution in [3.05, 3.63) is 52.6 Å². The molecule has 4 rings (SSSR count). The number of hydrogen-bond donors (Lipinski definition) is 2. The van der Waals surface area contributed by atoms with Gasteiger partial charge in [0.15, 0.2) is 23.0 Å². The van der Waals surface area contributed by atoms with E-state index in [4.69, 9.17) is 14.2 Å². The highest BCUT2D eigenvalue weighted by molar-refractivity contribution is 9.10. The highest BCUT2D eigenvalue weighted by atomic mass is 79.9. The van der Waals surface area contributed by atoms with Crippen LogP contribution < -0.4 is 19.5 Å². The van der Waals surface area contributed by atoms with Crippen molar-refractivity contribution in [2.45, 2.75) is 0 Å². The third kappa shape index (κ3) is 3.31. The Morgan fingerprint density at radius 1 is 1.07 bits per heavy atom. The number of H-pyrrole nitrogens is 1. The molecule has 0 radical (unpaired) electrons. The standard InChI is InChI=1S/C21H18BrN5O3/c1-28-16-8-12(9-17(29-2)19(16)30-3)18-21(25-15-6-4-14(22)5-7-15)27-20(26-18)13(10-23)11-24-27/h4-9,11,25-26H,1-3H3. The van der Waals surface area contributed by atoms with Crippen LogP contribution in [-0.2, 0) is 0 Å². The lowest BCUT2D eigenvalue weighted by Crippen LogP contribution is -1.99. The maximum absolute atomic E-state index is 9.44. The van der Waals surface area contributed by atoms with Gasteiger partial charge in [-0.15, -0.1) is 0 Å². The number of halogens is 1. The van der Waals surface area contributed by atoms with Crippen LogP contribution in [0.4, 0.5) is 11.5 Å².